The van der Waals surface area contributed by atoms with Gasteiger partial charge in [-0.1, -0.05) is 19.8 Å². The molecule has 1 heterocycles. The molecule has 0 bridgehead atoms. The van der Waals surface area contributed by atoms with Crippen LogP contribution in [0.5, 0.6) is 0 Å². The van der Waals surface area contributed by atoms with Gasteiger partial charge in [0, 0.05) is 19.8 Å². The molecule has 3 nitrogen and oxygen atoms in total. The van der Waals surface area contributed by atoms with E-state index in [9.17, 15) is 0 Å². The summed E-state index contributed by atoms with van der Waals surface area (Å²) in [6, 6.07) is 0. The fourth-order valence-electron chi connectivity index (χ4n) is 2.52. The Hall–Kier alpha value is -0.990. The van der Waals surface area contributed by atoms with Gasteiger partial charge >= 0.3 is 0 Å². The smallest absolute Gasteiger partial charge is 0.0726 e. The van der Waals surface area contributed by atoms with E-state index in [1.54, 1.807) is 0 Å². The van der Waals surface area contributed by atoms with Crippen LogP contribution in [-0.4, -0.2) is 16.3 Å². The predicted octanol–water partition coefficient (Wildman–Crippen LogP) is 2.66. The molecule has 1 aliphatic carbocycles. The lowest BCUT2D eigenvalue weighted by Gasteiger charge is -2.26. The summed E-state index contributed by atoms with van der Waals surface area (Å²) in [5.74, 6) is 1.77. The summed E-state index contributed by atoms with van der Waals surface area (Å²) < 4.78 is 1.84. The van der Waals surface area contributed by atoms with Crippen LogP contribution < -0.4 is 5.32 Å². The topological polar surface area (TPSA) is 29.9 Å². The fraction of sp³-hybridized carbons (Fsp3) is 0.750. The van der Waals surface area contributed by atoms with Crippen molar-refractivity contribution in [1.82, 2.24) is 9.78 Å². The SMILES string of the molecule is CC1CCCC(CNc2cnn(C)c2)C1. The maximum Gasteiger partial charge on any atom is 0.0726 e. The van der Waals surface area contributed by atoms with Crippen LogP contribution in [0.3, 0.4) is 0 Å². The van der Waals surface area contributed by atoms with E-state index in [0.717, 1.165) is 24.1 Å². The molecule has 2 atom stereocenters. The highest BCUT2D eigenvalue weighted by molar-refractivity contribution is 5.37. The molecular formula is C12H21N3. The molecule has 0 spiro atoms. The second-order valence-electron chi connectivity index (χ2n) is 4.92. The lowest BCUT2D eigenvalue weighted by molar-refractivity contribution is 0.293. The van der Waals surface area contributed by atoms with E-state index in [4.69, 9.17) is 0 Å². The van der Waals surface area contributed by atoms with Gasteiger partial charge in [-0.2, -0.15) is 5.10 Å². The molecule has 1 fully saturated rings. The molecule has 1 aromatic heterocycles. The Kier molecular flexibility index (Phi) is 3.29. The highest BCUT2D eigenvalue weighted by atomic mass is 15.3. The van der Waals surface area contributed by atoms with Gasteiger partial charge in [0.15, 0.2) is 0 Å². The van der Waals surface area contributed by atoms with Crippen LogP contribution in [0.4, 0.5) is 5.69 Å². The molecule has 1 aromatic rings. The normalized spacial score (nSPS) is 26.5. The van der Waals surface area contributed by atoms with Gasteiger partial charge in [-0.25, -0.2) is 0 Å². The summed E-state index contributed by atoms with van der Waals surface area (Å²) in [5.41, 5.74) is 1.15. The second kappa shape index (κ2) is 4.69. The monoisotopic (exact) mass is 207 g/mol. The minimum atomic E-state index is 0.856. The summed E-state index contributed by atoms with van der Waals surface area (Å²) in [6.45, 7) is 3.48. The molecule has 15 heavy (non-hydrogen) atoms. The number of rotatable bonds is 3. The van der Waals surface area contributed by atoms with Crippen LogP contribution in [0.2, 0.25) is 0 Å². The number of anilines is 1. The third kappa shape index (κ3) is 2.98. The van der Waals surface area contributed by atoms with E-state index in [2.05, 4.69) is 17.3 Å². The molecular weight excluding hydrogens is 186 g/mol. The largest absolute Gasteiger partial charge is 0.382 e. The molecule has 0 radical (unpaired) electrons. The van der Waals surface area contributed by atoms with E-state index in [-0.39, 0.29) is 0 Å². The van der Waals surface area contributed by atoms with Gasteiger partial charge in [-0.15, -0.1) is 0 Å². The van der Waals surface area contributed by atoms with Crippen molar-refractivity contribution in [3.8, 4) is 0 Å². The van der Waals surface area contributed by atoms with E-state index in [1.807, 2.05) is 24.1 Å². The van der Waals surface area contributed by atoms with Crippen molar-refractivity contribution in [2.24, 2.45) is 18.9 Å². The summed E-state index contributed by atoms with van der Waals surface area (Å²) in [7, 11) is 1.95. The van der Waals surface area contributed by atoms with Gasteiger partial charge in [-0.05, 0) is 24.7 Å². The van der Waals surface area contributed by atoms with Crippen LogP contribution in [-0.2, 0) is 7.05 Å². The van der Waals surface area contributed by atoms with Crippen LogP contribution in [0.15, 0.2) is 12.4 Å². The maximum absolute atomic E-state index is 4.15. The van der Waals surface area contributed by atoms with Gasteiger partial charge in [0.2, 0.25) is 0 Å². The molecule has 0 saturated heterocycles. The highest BCUT2D eigenvalue weighted by Gasteiger charge is 2.18. The quantitative estimate of drug-likeness (QED) is 0.825. The Labute approximate surface area is 91.9 Å². The van der Waals surface area contributed by atoms with Gasteiger partial charge in [0.25, 0.3) is 0 Å². The lowest BCUT2D eigenvalue weighted by atomic mass is 9.82. The summed E-state index contributed by atoms with van der Waals surface area (Å²) in [4.78, 5) is 0. The lowest BCUT2D eigenvalue weighted by Crippen LogP contribution is -2.20. The average molecular weight is 207 g/mol. The Balaban J connectivity index is 1.77. The minimum Gasteiger partial charge on any atom is -0.382 e. The van der Waals surface area contributed by atoms with Gasteiger partial charge in [-0.3, -0.25) is 4.68 Å². The molecule has 0 aliphatic heterocycles. The van der Waals surface area contributed by atoms with Crippen molar-refractivity contribution in [2.75, 3.05) is 11.9 Å². The Morgan fingerprint density at radius 3 is 3.07 bits per heavy atom. The zero-order chi connectivity index (χ0) is 10.7. The van der Waals surface area contributed by atoms with Crippen LogP contribution >= 0.6 is 0 Å². The Bertz CT molecular complexity index is 306. The van der Waals surface area contributed by atoms with E-state index >= 15 is 0 Å². The van der Waals surface area contributed by atoms with Gasteiger partial charge in [0.1, 0.15) is 0 Å². The zero-order valence-corrected chi connectivity index (χ0v) is 9.74. The second-order valence-corrected chi connectivity index (χ2v) is 4.92. The number of aromatic nitrogens is 2. The van der Waals surface area contributed by atoms with Crippen molar-refractivity contribution in [3.63, 3.8) is 0 Å². The predicted molar refractivity (Wildman–Crippen MR) is 62.8 cm³/mol. The highest BCUT2D eigenvalue weighted by Crippen LogP contribution is 2.28. The zero-order valence-electron chi connectivity index (χ0n) is 9.74. The standard InChI is InChI=1S/C12H21N3/c1-10-4-3-5-11(6-10)7-13-12-8-14-15(2)9-12/h8-11,13H,3-7H2,1-2H3. The van der Waals surface area contributed by atoms with Crippen molar-refractivity contribution < 1.29 is 0 Å². The molecule has 1 N–H and O–H groups in total. The molecule has 0 aromatic carbocycles. The molecule has 84 valence electrons. The Morgan fingerprint density at radius 2 is 2.40 bits per heavy atom. The number of nitrogens with zero attached hydrogens (tertiary/aromatic N) is 2. The van der Waals surface area contributed by atoms with Gasteiger partial charge in [0.05, 0.1) is 11.9 Å². The van der Waals surface area contributed by atoms with E-state index < -0.39 is 0 Å². The number of hydrogen-bond acceptors (Lipinski definition) is 2. The van der Waals surface area contributed by atoms with Crippen molar-refractivity contribution in [1.29, 1.82) is 0 Å². The Morgan fingerprint density at radius 1 is 1.53 bits per heavy atom. The first-order chi connectivity index (χ1) is 7.24. The van der Waals surface area contributed by atoms with Crippen molar-refractivity contribution in [2.45, 2.75) is 32.6 Å². The number of aryl methyl sites for hydroxylation is 1. The minimum absolute atomic E-state index is 0.856. The van der Waals surface area contributed by atoms with Crippen molar-refractivity contribution >= 4 is 5.69 Å². The first-order valence-corrected chi connectivity index (χ1v) is 5.96. The summed E-state index contributed by atoms with van der Waals surface area (Å²) in [5, 5.41) is 7.62. The molecule has 2 rings (SSSR count). The molecule has 1 saturated carbocycles. The van der Waals surface area contributed by atoms with E-state index in [1.165, 1.54) is 25.7 Å². The van der Waals surface area contributed by atoms with Crippen molar-refractivity contribution in [3.05, 3.63) is 12.4 Å². The number of nitrogens with one attached hydrogen (secondary N) is 1. The average Bonchev–Trinajstić information content (AvgIpc) is 2.62. The summed E-state index contributed by atoms with van der Waals surface area (Å²) >= 11 is 0. The third-order valence-corrected chi connectivity index (χ3v) is 3.34. The van der Waals surface area contributed by atoms with Gasteiger partial charge < -0.3 is 5.32 Å². The van der Waals surface area contributed by atoms with Crippen LogP contribution in [0, 0.1) is 11.8 Å². The van der Waals surface area contributed by atoms with Crippen LogP contribution in [0.25, 0.3) is 0 Å². The molecule has 3 heteroatoms. The first-order valence-electron chi connectivity index (χ1n) is 5.96. The molecule has 2 unspecified atom stereocenters. The third-order valence-electron chi connectivity index (χ3n) is 3.34. The van der Waals surface area contributed by atoms with Crippen LogP contribution in [0.1, 0.15) is 32.6 Å². The number of hydrogen-bond donors (Lipinski definition) is 1. The first kappa shape index (κ1) is 10.5. The molecule has 1 aliphatic rings. The fourth-order valence-corrected chi connectivity index (χ4v) is 2.52. The van der Waals surface area contributed by atoms with E-state index in [0.29, 0.717) is 0 Å². The molecule has 0 amide bonds. The maximum atomic E-state index is 4.15. The summed E-state index contributed by atoms with van der Waals surface area (Å²) in [6.07, 6.45) is 9.52.